The Morgan fingerprint density at radius 3 is 2.73 bits per heavy atom. The van der Waals surface area contributed by atoms with Crippen molar-refractivity contribution in [3.05, 3.63) is 65.7 Å². The average Bonchev–Trinajstić information content (AvgIpc) is 2.58. The molecule has 2 rings (SSSR count). The summed E-state index contributed by atoms with van der Waals surface area (Å²) >= 11 is 0. The van der Waals surface area contributed by atoms with Gasteiger partial charge < -0.3 is 15.2 Å². The van der Waals surface area contributed by atoms with Crippen molar-refractivity contribution in [3.8, 4) is 11.8 Å². The third-order valence-corrected chi connectivity index (χ3v) is 3.03. The van der Waals surface area contributed by atoms with E-state index in [1.807, 2.05) is 18.2 Å². The monoisotopic (exact) mass is 296 g/mol. The van der Waals surface area contributed by atoms with E-state index in [-0.39, 0.29) is 13.2 Å². The maximum absolute atomic E-state index is 11.9. The van der Waals surface area contributed by atoms with Gasteiger partial charge in [-0.2, -0.15) is 5.26 Å². The van der Waals surface area contributed by atoms with Crippen LogP contribution in [-0.4, -0.2) is 17.6 Å². The number of nitriles is 1. The van der Waals surface area contributed by atoms with E-state index < -0.39 is 12.0 Å². The molecular weight excluding hydrogens is 280 g/mol. The predicted octanol–water partition coefficient (Wildman–Crippen LogP) is 1.94. The molecule has 2 aromatic rings. The van der Waals surface area contributed by atoms with Gasteiger partial charge in [-0.15, -0.1) is 0 Å². The maximum atomic E-state index is 11.9. The molecule has 2 aromatic carbocycles. The Bertz CT molecular complexity index is 665. The molecule has 112 valence electrons. The van der Waals surface area contributed by atoms with Crippen molar-refractivity contribution in [2.75, 3.05) is 6.61 Å². The van der Waals surface area contributed by atoms with E-state index in [0.29, 0.717) is 11.3 Å². The number of aliphatic hydroxyl groups excluding tert-OH is 1. The predicted molar refractivity (Wildman–Crippen MR) is 80.8 cm³/mol. The molecule has 0 saturated carbocycles. The molecule has 0 radical (unpaired) electrons. The molecule has 5 nitrogen and oxygen atoms in total. The SMILES string of the molecule is N#CCOc1cccc(CNC(=O)C(O)c2ccccc2)c1. The van der Waals surface area contributed by atoms with Crippen LogP contribution in [0.2, 0.25) is 0 Å². The third kappa shape index (κ3) is 4.33. The number of carbonyl (C=O) groups excluding carboxylic acids is 1. The van der Waals surface area contributed by atoms with Crippen LogP contribution in [0.4, 0.5) is 0 Å². The van der Waals surface area contributed by atoms with Gasteiger partial charge in [-0.25, -0.2) is 0 Å². The lowest BCUT2D eigenvalue weighted by molar-refractivity contribution is -0.129. The first-order chi connectivity index (χ1) is 10.7. The smallest absolute Gasteiger partial charge is 0.253 e. The van der Waals surface area contributed by atoms with E-state index in [9.17, 15) is 9.90 Å². The number of amides is 1. The van der Waals surface area contributed by atoms with Gasteiger partial charge in [-0.3, -0.25) is 4.79 Å². The lowest BCUT2D eigenvalue weighted by Crippen LogP contribution is -2.28. The molecule has 0 fully saturated rings. The zero-order valence-electron chi connectivity index (χ0n) is 11.9. The molecular formula is C17H16N2O3. The summed E-state index contributed by atoms with van der Waals surface area (Å²) in [6, 6.07) is 17.7. The summed E-state index contributed by atoms with van der Waals surface area (Å²) in [6.45, 7) is 0.245. The molecule has 0 saturated heterocycles. The highest BCUT2D eigenvalue weighted by Crippen LogP contribution is 2.15. The van der Waals surface area contributed by atoms with E-state index in [0.717, 1.165) is 5.56 Å². The Morgan fingerprint density at radius 2 is 2.00 bits per heavy atom. The molecule has 1 unspecified atom stereocenters. The minimum atomic E-state index is -1.20. The molecule has 0 aliphatic rings. The van der Waals surface area contributed by atoms with Crippen molar-refractivity contribution in [1.82, 2.24) is 5.32 Å². The largest absolute Gasteiger partial charge is 0.479 e. The van der Waals surface area contributed by atoms with Gasteiger partial charge in [0.1, 0.15) is 11.8 Å². The summed E-state index contributed by atoms with van der Waals surface area (Å²) in [6.07, 6.45) is -1.20. The average molecular weight is 296 g/mol. The number of rotatable bonds is 6. The van der Waals surface area contributed by atoms with Crippen molar-refractivity contribution >= 4 is 5.91 Å². The molecule has 0 heterocycles. The normalized spacial score (nSPS) is 11.3. The molecule has 1 amide bonds. The lowest BCUT2D eigenvalue weighted by Gasteiger charge is -2.12. The number of hydrogen-bond acceptors (Lipinski definition) is 4. The molecule has 0 aromatic heterocycles. The van der Waals surface area contributed by atoms with Crippen LogP contribution in [0.5, 0.6) is 5.75 Å². The van der Waals surface area contributed by atoms with Gasteiger partial charge in [-0.05, 0) is 23.3 Å². The van der Waals surface area contributed by atoms with Crippen molar-refractivity contribution < 1.29 is 14.6 Å². The van der Waals surface area contributed by atoms with Crippen LogP contribution in [0, 0.1) is 11.3 Å². The highest BCUT2D eigenvalue weighted by Gasteiger charge is 2.16. The Morgan fingerprint density at radius 1 is 1.23 bits per heavy atom. The second kappa shape index (κ2) is 7.81. The van der Waals surface area contributed by atoms with Crippen molar-refractivity contribution in [2.24, 2.45) is 0 Å². The first-order valence-electron chi connectivity index (χ1n) is 6.80. The van der Waals surface area contributed by atoms with Crippen LogP contribution < -0.4 is 10.1 Å². The second-order valence-electron chi connectivity index (χ2n) is 4.63. The minimum Gasteiger partial charge on any atom is -0.479 e. The Balaban J connectivity index is 1.92. The van der Waals surface area contributed by atoms with Crippen molar-refractivity contribution in [1.29, 1.82) is 5.26 Å². The number of nitrogens with zero attached hydrogens (tertiary/aromatic N) is 1. The quantitative estimate of drug-likeness (QED) is 0.853. The van der Waals surface area contributed by atoms with Gasteiger partial charge in [0, 0.05) is 6.54 Å². The number of benzene rings is 2. The number of aliphatic hydroxyl groups is 1. The summed E-state index contributed by atoms with van der Waals surface area (Å²) in [5.41, 5.74) is 1.37. The van der Waals surface area contributed by atoms with Crippen LogP contribution >= 0.6 is 0 Å². The Kier molecular flexibility index (Phi) is 5.52. The zero-order valence-corrected chi connectivity index (χ0v) is 11.9. The summed E-state index contributed by atoms with van der Waals surface area (Å²) < 4.78 is 5.20. The fourth-order valence-electron chi connectivity index (χ4n) is 1.93. The van der Waals surface area contributed by atoms with Crippen LogP contribution in [0.1, 0.15) is 17.2 Å². The van der Waals surface area contributed by atoms with E-state index in [1.54, 1.807) is 42.5 Å². The Labute approximate surface area is 128 Å². The molecule has 5 heteroatoms. The topological polar surface area (TPSA) is 82.3 Å². The molecule has 22 heavy (non-hydrogen) atoms. The first-order valence-corrected chi connectivity index (χ1v) is 6.80. The van der Waals surface area contributed by atoms with Crippen molar-refractivity contribution in [2.45, 2.75) is 12.6 Å². The van der Waals surface area contributed by atoms with Crippen LogP contribution in [0.15, 0.2) is 54.6 Å². The van der Waals surface area contributed by atoms with Gasteiger partial charge in [0.05, 0.1) is 0 Å². The van der Waals surface area contributed by atoms with E-state index in [4.69, 9.17) is 10.00 Å². The molecule has 0 aliphatic carbocycles. The fraction of sp³-hybridized carbons (Fsp3) is 0.176. The van der Waals surface area contributed by atoms with Crippen LogP contribution in [0.3, 0.4) is 0 Å². The standard InChI is InChI=1S/C17H16N2O3/c18-9-10-22-15-8-4-5-13(11-15)12-19-17(21)16(20)14-6-2-1-3-7-14/h1-8,11,16,20H,10,12H2,(H,19,21). The van der Waals surface area contributed by atoms with Gasteiger partial charge >= 0.3 is 0 Å². The van der Waals surface area contributed by atoms with E-state index >= 15 is 0 Å². The molecule has 1 atom stereocenters. The number of nitrogens with one attached hydrogen (secondary N) is 1. The van der Waals surface area contributed by atoms with Gasteiger partial charge in [-0.1, -0.05) is 42.5 Å². The van der Waals surface area contributed by atoms with Gasteiger partial charge in [0.15, 0.2) is 12.7 Å². The summed E-state index contributed by atoms with van der Waals surface area (Å²) in [4.78, 5) is 11.9. The summed E-state index contributed by atoms with van der Waals surface area (Å²) in [5, 5.41) is 21.1. The number of carbonyl (C=O) groups is 1. The highest BCUT2D eigenvalue weighted by molar-refractivity contribution is 5.81. The second-order valence-corrected chi connectivity index (χ2v) is 4.63. The zero-order chi connectivity index (χ0) is 15.8. The molecule has 2 N–H and O–H groups in total. The summed E-state index contributed by atoms with van der Waals surface area (Å²) in [5.74, 6) is 0.103. The first kappa shape index (κ1) is 15.5. The van der Waals surface area contributed by atoms with E-state index in [1.165, 1.54) is 0 Å². The van der Waals surface area contributed by atoms with Crippen molar-refractivity contribution in [3.63, 3.8) is 0 Å². The lowest BCUT2D eigenvalue weighted by atomic mass is 10.1. The molecule has 0 spiro atoms. The number of ether oxygens (including phenoxy) is 1. The minimum absolute atomic E-state index is 0.0253. The van der Waals surface area contributed by atoms with E-state index in [2.05, 4.69) is 5.32 Å². The molecule has 0 aliphatic heterocycles. The van der Waals surface area contributed by atoms with Gasteiger partial charge in [0.2, 0.25) is 0 Å². The molecule has 0 bridgehead atoms. The third-order valence-electron chi connectivity index (χ3n) is 3.03. The van der Waals surface area contributed by atoms with Crippen LogP contribution in [-0.2, 0) is 11.3 Å². The maximum Gasteiger partial charge on any atom is 0.253 e. The number of hydrogen-bond donors (Lipinski definition) is 2. The highest BCUT2D eigenvalue weighted by atomic mass is 16.5. The Hall–Kier alpha value is -2.84. The fourth-order valence-corrected chi connectivity index (χ4v) is 1.93. The van der Waals surface area contributed by atoms with Gasteiger partial charge in [0.25, 0.3) is 5.91 Å². The van der Waals surface area contributed by atoms with Crippen LogP contribution in [0.25, 0.3) is 0 Å². The summed E-state index contributed by atoms with van der Waals surface area (Å²) in [7, 11) is 0.